The van der Waals surface area contributed by atoms with Gasteiger partial charge in [0, 0.05) is 46.4 Å². The van der Waals surface area contributed by atoms with Gasteiger partial charge in [-0.15, -0.1) is 0 Å². The van der Waals surface area contributed by atoms with Gasteiger partial charge in [0.25, 0.3) is 0 Å². The Labute approximate surface area is 297 Å². The summed E-state index contributed by atoms with van der Waals surface area (Å²) in [5, 5.41) is 48.7. The molecule has 0 aliphatic carbocycles. The highest BCUT2D eigenvalue weighted by atomic mass is 16.5. The van der Waals surface area contributed by atoms with E-state index in [9.17, 15) is 25.5 Å². The molecule has 7 heteroatoms. The fourth-order valence-electron chi connectivity index (χ4n) is 7.32. The van der Waals surface area contributed by atoms with E-state index in [1.165, 1.54) is 11.1 Å². The predicted octanol–water partition coefficient (Wildman–Crippen LogP) is 9.13. The molecule has 0 unspecified atom stereocenters. The second-order valence-corrected chi connectivity index (χ2v) is 13.3. The first kappa shape index (κ1) is 33.4. The van der Waals surface area contributed by atoms with E-state index in [-0.39, 0.29) is 52.4 Å². The molecule has 7 nitrogen and oxygen atoms in total. The molecule has 4 atom stereocenters. The minimum atomic E-state index is 0.0227. The fraction of sp³-hybridized carbons (Fsp3) is 0.182. The van der Waals surface area contributed by atoms with Gasteiger partial charge in [0.15, 0.2) is 0 Å². The van der Waals surface area contributed by atoms with Crippen molar-refractivity contribution in [3.05, 3.63) is 172 Å². The van der Waals surface area contributed by atoms with Crippen LogP contribution >= 0.6 is 0 Å². The van der Waals surface area contributed by atoms with Gasteiger partial charge >= 0.3 is 0 Å². The average molecular weight is 681 g/mol. The lowest BCUT2D eigenvalue weighted by atomic mass is 9.75. The first-order valence-electron chi connectivity index (χ1n) is 17.0. The number of ether oxygens (including phenoxy) is 2. The summed E-state index contributed by atoms with van der Waals surface area (Å²) in [6.45, 7) is 4.98. The van der Waals surface area contributed by atoms with E-state index < -0.39 is 0 Å². The molecule has 8 rings (SSSR count). The summed E-state index contributed by atoms with van der Waals surface area (Å²) >= 11 is 0. The minimum Gasteiger partial charge on any atom is -0.508 e. The zero-order chi connectivity index (χ0) is 35.6. The van der Waals surface area contributed by atoms with Crippen LogP contribution in [-0.2, 0) is 0 Å². The SMILES string of the molecule is Cc1ccc([C@@H]2COc3c(ccc(O)c3C)[C@@H]2c2ccc(O)cc2)cc1.Oc1ccc([C@H]2c3ccc(O)cc3OC[C@H]2c2ccc(O)cc2)cc1. The highest BCUT2D eigenvalue weighted by Crippen LogP contribution is 2.49. The largest absolute Gasteiger partial charge is 0.508 e. The van der Waals surface area contributed by atoms with Gasteiger partial charge in [-0.3, -0.25) is 0 Å². The smallest absolute Gasteiger partial charge is 0.129 e. The molecule has 0 aromatic heterocycles. The van der Waals surface area contributed by atoms with Crippen LogP contribution in [0.3, 0.4) is 0 Å². The van der Waals surface area contributed by atoms with E-state index in [4.69, 9.17) is 9.47 Å². The van der Waals surface area contributed by atoms with E-state index in [0.717, 1.165) is 39.1 Å². The van der Waals surface area contributed by atoms with Crippen LogP contribution < -0.4 is 9.47 Å². The normalized spacial score (nSPS) is 18.9. The van der Waals surface area contributed by atoms with Crippen LogP contribution in [0, 0.1) is 13.8 Å². The Balaban J connectivity index is 0.000000159. The van der Waals surface area contributed by atoms with Crippen molar-refractivity contribution in [3.63, 3.8) is 0 Å². The third kappa shape index (κ3) is 6.88. The van der Waals surface area contributed by atoms with Gasteiger partial charge in [-0.2, -0.15) is 0 Å². The summed E-state index contributed by atoms with van der Waals surface area (Å²) in [7, 11) is 0. The zero-order valence-electron chi connectivity index (χ0n) is 28.4. The molecule has 0 amide bonds. The summed E-state index contributed by atoms with van der Waals surface area (Å²) in [4.78, 5) is 0. The monoisotopic (exact) mass is 680 g/mol. The van der Waals surface area contributed by atoms with Gasteiger partial charge in [0.1, 0.15) is 40.2 Å². The Bertz CT molecular complexity index is 2120. The van der Waals surface area contributed by atoms with Crippen LogP contribution in [0.4, 0.5) is 0 Å². The Morgan fingerprint density at radius 3 is 1.43 bits per heavy atom. The first-order chi connectivity index (χ1) is 24.7. The summed E-state index contributed by atoms with van der Waals surface area (Å²) in [6.07, 6.45) is 0. The number of hydrogen-bond donors (Lipinski definition) is 5. The summed E-state index contributed by atoms with van der Waals surface area (Å²) < 4.78 is 12.0. The molecule has 0 saturated carbocycles. The molecule has 0 radical (unpaired) electrons. The summed E-state index contributed by atoms with van der Waals surface area (Å²) in [5.41, 5.74) is 8.55. The van der Waals surface area contributed by atoms with Crippen LogP contribution in [-0.4, -0.2) is 38.7 Å². The van der Waals surface area contributed by atoms with Crippen molar-refractivity contribution in [2.75, 3.05) is 13.2 Å². The van der Waals surface area contributed by atoms with Crippen LogP contribution in [0.1, 0.15) is 68.2 Å². The first-order valence-corrected chi connectivity index (χ1v) is 17.0. The maximum atomic E-state index is 10.1. The van der Waals surface area contributed by atoms with Crippen LogP contribution in [0.15, 0.2) is 127 Å². The number of aromatic hydroxyl groups is 5. The molecule has 0 saturated heterocycles. The van der Waals surface area contributed by atoms with E-state index in [0.29, 0.717) is 19.0 Å². The van der Waals surface area contributed by atoms with Crippen molar-refractivity contribution in [1.29, 1.82) is 0 Å². The van der Waals surface area contributed by atoms with Crippen molar-refractivity contribution < 1.29 is 35.0 Å². The lowest BCUT2D eigenvalue weighted by molar-refractivity contribution is 0.245. The number of phenols is 5. The fourth-order valence-corrected chi connectivity index (χ4v) is 7.32. The van der Waals surface area contributed by atoms with Crippen LogP contribution in [0.5, 0.6) is 40.2 Å². The number of benzene rings is 6. The number of fused-ring (bicyclic) bond motifs is 2. The van der Waals surface area contributed by atoms with E-state index >= 15 is 0 Å². The Morgan fingerprint density at radius 1 is 0.451 bits per heavy atom. The van der Waals surface area contributed by atoms with Crippen LogP contribution in [0.2, 0.25) is 0 Å². The molecule has 0 bridgehead atoms. The minimum absolute atomic E-state index is 0.0227. The second kappa shape index (κ2) is 14.0. The lowest BCUT2D eigenvalue weighted by Crippen LogP contribution is -2.25. The maximum Gasteiger partial charge on any atom is 0.129 e. The molecule has 51 heavy (non-hydrogen) atoms. The molecule has 0 fully saturated rings. The topological polar surface area (TPSA) is 120 Å². The average Bonchev–Trinajstić information content (AvgIpc) is 3.14. The molecule has 258 valence electrons. The molecule has 2 aliphatic heterocycles. The molecule has 0 spiro atoms. The molecule has 5 N–H and O–H groups in total. The van der Waals surface area contributed by atoms with E-state index in [2.05, 4.69) is 31.2 Å². The highest BCUT2D eigenvalue weighted by molar-refractivity contribution is 5.56. The molecule has 6 aromatic carbocycles. The lowest BCUT2D eigenvalue weighted by Gasteiger charge is -2.35. The van der Waals surface area contributed by atoms with Gasteiger partial charge in [-0.25, -0.2) is 0 Å². The Morgan fingerprint density at radius 2 is 0.882 bits per heavy atom. The molecular formula is C44H40O7. The molecule has 2 aliphatic rings. The number of rotatable bonds is 4. The van der Waals surface area contributed by atoms with Crippen molar-refractivity contribution in [2.45, 2.75) is 37.5 Å². The highest BCUT2D eigenvalue weighted by Gasteiger charge is 2.35. The predicted molar refractivity (Wildman–Crippen MR) is 197 cm³/mol. The molecular weight excluding hydrogens is 640 g/mol. The van der Waals surface area contributed by atoms with Crippen molar-refractivity contribution in [2.24, 2.45) is 0 Å². The summed E-state index contributed by atoms with van der Waals surface area (Å²) in [6, 6.07) is 39.2. The summed E-state index contributed by atoms with van der Waals surface area (Å²) in [5.74, 6) is 2.92. The van der Waals surface area contributed by atoms with Crippen molar-refractivity contribution >= 4 is 0 Å². The van der Waals surface area contributed by atoms with E-state index in [1.54, 1.807) is 54.6 Å². The zero-order valence-corrected chi connectivity index (χ0v) is 28.4. The molecule has 6 aromatic rings. The molecule has 2 heterocycles. The maximum absolute atomic E-state index is 10.1. The van der Waals surface area contributed by atoms with Crippen LogP contribution in [0.25, 0.3) is 0 Å². The third-order valence-corrected chi connectivity index (χ3v) is 10.0. The number of aryl methyl sites for hydroxylation is 1. The van der Waals surface area contributed by atoms with Gasteiger partial charge in [0.2, 0.25) is 0 Å². The number of hydrogen-bond acceptors (Lipinski definition) is 7. The van der Waals surface area contributed by atoms with Gasteiger partial charge in [-0.1, -0.05) is 78.4 Å². The number of phenolic OH excluding ortho intramolecular Hbond substituents is 5. The van der Waals surface area contributed by atoms with Gasteiger partial charge in [-0.05, 0) is 84.6 Å². The van der Waals surface area contributed by atoms with Gasteiger partial charge in [0.05, 0.1) is 13.2 Å². The third-order valence-electron chi connectivity index (χ3n) is 10.0. The Hall–Kier alpha value is -6.08. The Kier molecular flexibility index (Phi) is 9.20. The van der Waals surface area contributed by atoms with Gasteiger partial charge < -0.3 is 35.0 Å². The quantitative estimate of drug-likeness (QED) is 0.126. The van der Waals surface area contributed by atoms with E-state index in [1.807, 2.05) is 55.5 Å². The second-order valence-electron chi connectivity index (χ2n) is 13.3. The van der Waals surface area contributed by atoms with Crippen molar-refractivity contribution in [3.8, 4) is 40.2 Å². The standard InChI is InChI=1S/C23H22O3.C21H18O4/c1-14-3-5-16(6-4-14)20-13-26-23-15(2)21(25)12-11-19(23)22(20)17-7-9-18(24)10-8-17;22-15-5-1-13(2-6-15)19-12-25-20-11-17(24)9-10-18(20)21(19)14-3-7-16(23)8-4-14/h3-12,20,22,24-25H,13H2,1-2H3;1-11,19,21-24H,12H2/t20-,22-;19-,21-/m00/s1. The van der Waals surface area contributed by atoms with Crippen molar-refractivity contribution in [1.82, 2.24) is 0 Å².